The molecular formula is C12H16BrNO2S. The quantitative estimate of drug-likeness (QED) is 0.928. The van der Waals surface area contributed by atoms with Gasteiger partial charge >= 0.3 is 0 Å². The Morgan fingerprint density at radius 3 is 2.94 bits per heavy atom. The van der Waals surface area contributed by atoms with Crippen LogP contribution in [0.15, 0.2) is 22.7 Å². The maximum atomic E-state index is 11.7. The molecule has 0 fully saturated rings. The zero-order valence-electron chi connectivity index (χ0n) is 9.74. The van der Waals surface area contributed by atoms with E-state index in [9.17, 15) is 8.42 Å². The highest BCUT2D eigenvalue weighted by atomic mass is 79.9. The van der Waals surface area contributed by atoms with Crippen LogP contribution in [0.3, 0.4) is 0 Å². The zero-order valence-corrected chi connectivity index (χ0v) is 12.1. The van der Waals surface area contributed by atoms with Crippen molar-refractivity contribution in [3.05, 3.63) is 33.8 Å². The van der Waals surface area contributed by atoms with Crippen LogP contribution >= 0.6 is 15.9 Å². The number of benzene rings is 1. The number of sulfonamides is 1. The van der Waals surface area contributed by atoms with Gasteiger partial charge in [0, 0.05) is 10.5 Å². The number of fused-ring (bicyclic) bond motifs is 1. The molecule has 0 amide bonds. The van der Waals surface area contributed by atoms with Gasteiger partial charge in [0.1, 0.15) is 0 Å². The van der Waals surface area contributed by atoms with Gasteiger partial charge in [-0.1, -0.05) is 28.9 Å². The first-order valence-corrected chi connectivity index (χ1v) is 8.24. The van der Waals surface area contributed by atoms with Gasteiger partial charge in [0.2, 0.25) is 10.0 Å². The van der Waals surface area contributed by atoms with E-state index in [0.29, 0.717) is 6.42 Å². The van der Waals surface area contributed by atoms with Crippen molar-refractivity contribution in [1.82, 2.24) is 4.72 Å². The summed E-state index contributed by atoms with van der Waals surface area (Å²) in [6.45, 7) is 1.87. The molecule has 1 N–H and O–H groups in total. The fraction of sp³-hybridized carbons (Fsp3) is 0.500. The molecule has 1 aliphatic carbocycles. The molecule has 0 spiro atoms. The molecule has 0 saturated carbocycles. The summed E-state index contributed by atoms with van der Waals surface area (Å²) < 4.78 is 27.3. The first-order valence-electron chi connectivity index (χ1n) is 5.80. The molecule has 17 heavy (non-hydrogen) atoms. The van der Waals surface area contributed by atoms with E-state index in [-0.39, 0.29) is 11.8 Å². The third-order valence-corrected chi connectivity index (χ3v) is 5.06. The second-order valence-corrected chi connectivity index (χ2v) is 7.16. The molecule has 1 aromatic rings. The second kappa shape index (κ2) is 5.08. The highest BCUT2D eigenvalue weighted by Gasteiger charge is 2.26. The Bertz CT molecular complexity index is 513. The Hall–Kier alpha value is -0.390. The molecule has 3 nitrogen and oxygen atoms in total. The van der Waals surface area contributed by atoms with Crippen LogP contribution in [-0.4, -0.2) is 14.2 Å². The van der Waals surface area contributed by atoms with Crippen molar-refractivity contribution in [2.24, 2.45) is 0 Å². The van der Waals surface area contributed by atoms with Crippen molar-refractivity contribution < 1.29 is 8.42 Å². The van der Waals surface area contributed by atoms with Gasteiger partial charge in [0.15, 0.2) is 0 Å². The minimum atomic E-state index is -3.13. The lowest BCUT2D eigenvalue weighted by Crippen LogP contribution is -2.29. The number of halogens is 1. The number of rotatable bonds is 4. The SMILES string of the molecule is CCCS(=O)(=O)NC1CCc2cc(Br)ccc21. The van der Waals surface area contributed by atoms with Crippen molar-refractivity contribution in [1.29, 1.82) is 0 Å². The molecule has 5 heteroatoms. The topological polar surface area (TPSA) is 46.2 Å². The van der Waals surface area contributed by atoms with Crippen LogP contribution in [0.2, 0.25) is 0 Å². The molecule has 0 aromatic heterocycles. The average molecular weight is 318 g/mol. The lowest BCUT2D eigenvalue weighted by Gasteiger charge is -2.14. The van der Waals surface area contributed by atoms with Gasteiger partial charge in [-0.05, 0) is 42.5 Å². The number of nitrogens with one attached hydrogen (secondary N) is 1. The van der Waals surface area contributed by atoms with Crippen LogP contribution in [0, 0.1) is 0 Å². The van der Waals surface area contributed by atoms with Crippen molar-refractivity contribution in [2.75, 3.05) is 5.75 Å². The predicted molar refractivity (Wildman–Crippen MR) is 72.4 cm³/mol. The van der Waals surface area contributed by atoms with E-state index in [4.69, 9.17) is 0 Å². The van der Waals surface area contributed by atoms with Crippen LogP contribution < -0.4 is 4.72 Å². The van der Waals surface area contributed by atoms with Crippen LogP contribution in [0.5, 0.6) is 0 Å². The molecule has 1 aromatic carbocycles. The van der Waals surface area contributed by atoms with E-state index in [0.717, 1.165) is 22.9 Å². The normalized spacial score (nSPS) is 19.3. The molecule has 1 atom stereocenters. The zero-order chi connectivity index (χ0) is 12.5. The number of aryl methyl sites for hydroxylation is 1. The summed E-state index contributed by atoms with van der Waals surface area (Å²) >= 11 is 3.43. The number of hydrogen-bond donors (Lipinski definition) is 1. The standard InChI is InChI=1S/C12H16BrNO2S/c1-2-7-17(15,16)14-12-6-3-9-8-10(13)4-5-11(9)12/h4-5,8,12,14H,2-3,6-7H2,1H3. The molecule has 1 aliphatic rings. The smallest absolute Gasteiger partial charge is 0.212 e. The van der Waals surface area contributed by atoms with Crippen LogP contribution in [0.25, 0.3) is 0 Å². The minimum Gasteiger partial charge on any atom is -0.212 e. The average Bonchev–Trinajstić information content (AvgIpc) is 2.60. The lowest BCUT2D eigenvalue weighted by molar-refractivity contribution is 0.553. The summed E-state index contributed by atoms with van der Waals surface area (Å²) in [6.07, 6.45) is 2.44. The van der Waals surface area contributed by atoms with E-state index >= 15 is 0 Å². The molecule has 1 unspecified atom stereocenters. The van der Waals surface area contributed by atoms with Crippen LogP contribution in [0.4, 0.5) is 0 Å². The number of hydrogen-bond acceptors (Lipinski definition) is 2. The first-order chi connectivity index (χ1) is 8.02. The first kappa shape index (κ1) is 13.1. The van der Waals surface area contributed by atoms with Crippen LogP contribution in [-0.2, 0) is 16.4 Å². The molecule has 2 rings (SSSR count). The third kappa shape index (κ3) is 3.09. The Balaban J connectivity index is 2.18. The largest absolute Gasteiger partial charge is 0.212 e. The molecular weight excluding hydrogens is 302 g/mol. The predicted octanol–water partition coefficient (Wildman–Crippen LogP) is 2.77. The summed E-state index contributed by atoms with van der Waals surface area (Å²) in [5.41, 5.74) is 2.36. The molecule has 0 saturated heterocycles. The van der Waals surface area contributed by atoms with Gasteiger partial charge < -0.3 is 0 Å². The van der Waals surface area contributed by atoms with Gasteiger partial charge in [0.05, 0.1) is 5.75 Å². The summed E-state index contributed by atoms with van der Waals surface area (Å²) in [5.74, 6) is 0.204. The fourth-order valence-corrected chi connectivity index (χ4v) is 4.00. The highest BCUT2D eigenvalue weighted by Crippen LogP contribution is 2.33. The van der Waals surface area contributed by atoms with E-state index in [1.807, 2.05) is 19.1 Å². The Labute approximate surface area is 111 Å². The maximum Gasteiger partial charge on any atom is 0.212 e. The van der Waals surface area contributed by atoms with E-state index in [1.165, 1.54) is 5.56 Å². The Morgan fingerprint density at radius 2 is 2.24 bits per heavy atom. The van der Waals surface area contributed by atoms with E-state index in [1.54, 1.807) is 0 Å². The summed E-state index contributed by atoms with van der Waals surface area (Å²) in [7, 11) is -3.13. The third-order valence-electron chi connectivity index (χ3n) is 2.98. The van der Waals surface area contributed by atoms with Gasteiger partial charge in [0.25, 0.3) is 0 Å². The minimum absolute atomic E-state index is 0.0466. The monoisotopic (exact) mass is 317 g/mol. The van der Waals surface area contributed by atoms with Gasteiger partial charge in [-0.2, -0.15) is 0 Å². The molecule has 0 aliphatic heterocycles. The van der Waals surface area contributed by atoms with Crippen molar-refractivity contribution >= 4 is 26.0 Å². The van der Waals surface area contributed by atoms with E-state index < -0.39 is 10.0 Å². The summed E-state index contributed by atoms with van der Waals surface area (Å²) in [6, 6.07) is 6.00. The van der Waals surface area contributed by atoms with Crippen LogP contribution in [0.1, 0.15) is 36.9 Å². The maximum absolute atomic E-state index is 11.7. The fourth-order valence-electron chi connectivity index (χ4n) is 2.25. The second-order valence-electron chi connectivity index (χ2n) is 4.37. The van der Waals surface area contributed by atoms with Gasteiger partial charge in [-0.25, -0.2) is 13.1 Å². The van der Waals surface area contributed by atoms with E-state index in [2.05, 4.69) is 26.7 Å². The summed E-state index contributed by atoms with van der Waals surface area (Å²) in [5, 5.41) is 0. The molecule has 0 radical (unpaired) electrons. The highest BCUT2D eigenvalue weighted by molar-refractivity contribution is 9.10. The van der Waals surface area contributed by atoms with Gasteiger partial charge in [-0.15, -0.1) is 0 Å². The molecule has 0 heterocycles. The van der Waals surface area contributed by atoms with Crippen molar-refractivity contribution in [3.8, 4) is 0 Å². The molecule has 0 bridgehead atoms. The lowest BCUT2D eigenvalue weighted by atomic mass is 10.1. The Kier molecular flexibility index (Phi) is 3.90. The Morgan fingerprint density at radius 1 is 1.47 bits per heavy atom. The van der Waals surface area contributed by atoms with Crippen molar-refractivity contribution in [2.45, 2.75) is 32.2 Å². The molecule has 94 valence electrons. The summed E-state index contributed by atoms with van der Waals surface area (Å²) in [4.78, 5) is 0. The van der Waals surface area contributed by atoms with Crippen molar-refractivity contribution in [3.63, 3.8) is 0 Å². The van der Waals surface area contributed by atoms with Gasteiger partial charge in [-0.3, -0.25) is 0 Å².